The highest BCUT2D eigenvalue weighted by atomic mass is 35.5. The molecule has 1 atom stereocenters. The minimum atomic E-state index is 0.128. The highest BCUT2D eigenvalue weighted by Crippen LogP contribution is 2.29. The van der Waals surface area contributed by atoms with E-state index in [0.29, 0.717) is 16.8 Å². The molecule has 1 fully saturated rings. The van der Waals surface area contributed by atoms with E-state index >= 15 is 0 Å². The fraction of sp³-hybridized carbons (Fsp3) is 0.364. The van der Waals surface area contributed by atoms with Gasteiger partial charge in [0.1, 0.15) is 0 Å². The first-order chi connectivity index (χ1) is 13.2. The SMILES string of the molecule is C[C@@H](c1nnc(-c2cccc(Cl)c2)o1)N1CCC(Cc2ccccc2)CC1. The van der Waals surface area contributed by atoms with Gasteiger partial charge in [-0.05, 0) is 69.0 Å². The van der Waals surface area contributed by atoms with Crippen molar-refractivity contribution < 1.29 is 4.42 Å². The van der Waals surface area contributed by atoms with E-state index in [1.165, 1.54) is 24.8 Å². The number of hydrogen-bond donors (Lipinski definition) is 0. The van der Waals surface area contributed by atoms with E-state index in [0.717, 1.165) is 24.6 Å². The summed E-state index contributed by atoms with van der Waals surface area (Å²) in [4.78, 5) is 2.44. The van der Waals surface area contributed by atoms with Crippen LogP contribution in [0.25, 0.3) is 11.5 Å². The molecule has 1 aliphatic rings. The van der Waals surface area contributed by atoms with Crippen LogP contribution in [0.3, 0.4) is 0 Å². The van der Waals surface area contributed by atoms with Crippen molar-refractivity contribution in [2.75, 3.05) is 13.1 Å². The molecule has 3 aromatic rings. The fourth-order valence-electron chi connectivity index (χ4n) is 3.79. The van der Waals surface area contributed by atoms with Gasteiger partial charge in [-0.25, -0.2) is 0 Å². The molecule has 1 aliphatic heterocycles. The predicted octanol–water partition coefficient (Wildman–Crippen LogP) is 5.41. The Morgan fingerprint density at radius 3 is 2.59 bits per heavy atom. The second-order valence-corrected chi connectivity index (χ2v) is 7.74. The number of nitrogens with zero attached hydrogens (tertiary/aromatic N) is 3. The van der Waals surface area contributed by atoms with Crippen LogP contribution < -0.4 is 0 Å². The maximum Gasteiger partial charge on any atom is 0.247 e. The summed E-state index contributed by atoms with van der Waals surface area (Å²) >= 11 is 6.06. The molecule has 0 aliphatic carbocycles. The Morgan fingerprint density at radius 2 is 1.85 bits per heavy atom. The molecule has 2 heterocycles. The van der Waals surface area contributed by atoms with Crippen molar-refractivity contribution in [1.29, 1.82) is 0 Å². The molecule has 1 saturated heterocycles. The first-order valence-electron chi connectivity index (χ1n) is 9.56. The van der Waals surface area contributed by atoms with E-state index in [1.807, 2.05) is 24.3 Å². The van der Waals surface area contributed by atoms with Crippen molar-refractivity contribution in [3.63, 3.8) is 0 Å². The van der Waals surface area contributed by atoms with E-state index in [2.05, 4.69) is 52.4 Å². The van der Waals surface area contributed by atoms with Crippen LogP contribution >= 0.6 is 11.6 Å². The zero-order valence-electron chi connectivity index (χ0n) is 15.5. The van der Waals surface area contributed by atoms with Crippen molar-refractivity contribution >= 4 is 11.6 Å². The lowest BCUT2D eigenvalue weighted by Gasteiger charge is -2.34. The van der Waals surface area contributed by atoms with E-state index in [-0.39, 0.29) is 6.04 Å². The molecule has 140 valence electrons. The molecule has 0 amide bonds. The number of benzene rings is 2. The molecular weight excluding hydrogens is 358 g/mol. The van der Waals surface area contributed by atoms with Crippen LogP contribution in [0.4, 0.5) is 0 Å². The van der Waals surface area contributed by atoms with Crippen molar-refractivity contribution in [3.8, 4) is 11.5 Å². The van der Waals surface area contributed by atoms with Gasteiger partial charge in [-0.1, -0.05) is 48.0 Å². The molecule has 0 spiro atoms. The van der Waals surface area contributed by atoms with Gasteiger partial charge < -0.3 is 4.42 Å². The third-order valence-corrected chi connectivity index (χ3v) is 5.67. The molecule has 5 heteroatoms. The van der Waals surface area contributed by atoms with Crippen LogP contribution in [0.1, 0.15) is 37.3 Å². The molecule has 4 nitrogen and oxygen atoms in total. The van der Waals surface area contributed by atoms with Gasteiger partial charge in [-0.2, -0.15) is 0 Å². The average Bonchev–Trinajstić information content (AvgIpc) is 3.19. The van der Waals surface area contributed by atoms with Crippen molar-refractivity contribution in [2.45, 2.75) is 32.2 Å². The first-order valence-corrected chi connectivity index (χ1v) is 9.94. The summed E-state index contributed by atoms with van der Waals surface area (Å²) in [7, 11) is 0. The van der Waals surface area contributed by atoms with Gasteiger partial charge in [0.15, 0.2) is 0 Å². The summed E-state index contributed by atoms with van der Waals surface area (Å²) in [6.07, 6.45) is 3.57. The van der Waals surface area contributed by atoms with E-state index in [9.17, 15) is 0 Å². The van der Waals surface area contributed by atoms with Crippen LogP contribution in [-0.2, 0) is 6.42 Å². The van der Waals surface area contributed by atoms with E-state index in [1.54, 1.807) is 0 Å². The summed E-state index contributed by atoms with van der Waals surface area (Å²) < 4.78 is 5.94. The smallest absolute Gasteiger partial charge is 0.247 e. The van der Waals surface area contributed by atoms with E-state index < -0.39 is 0 Å². The molecular formula is C22H24ClN3O. The standard InChI is InChI=1S/C22H24ClN3O/c1-16(21-24-25-22(27-21)19-8-5-9-20(23)15-19)26-12-10-18(11-13-26)14-17-6-3-2-4-7-17/h2-9,15-16,18H,10-14H2,1H3/t16-/m0/s1. The maximum absolute atomic E-state index is 6.06. The number of piperidine rings is 1. The first kappa shape index (κ1) is 18.2. The second-order valence-electron chi connectivity index (χ2n) is 7.30. The number of hydrogen-bond acceptors (Lipinski definition) is 4. The minimum Gasteiger partial charge on any atom is -0.419 e. The van der Waals surface area contributed by atoms with Gasteiger partial charge in [0.25, 0.3) is 0 Å². The quantitative estimate of drug-likeness (QED) is 0.593. The Labute approximate surface area is 165 Å². The molecule has 27 heavy (non-hydrogen) atoms. The minimum absolute atomic E-state index is 0.128. The summed E-state index contributed by atoms with van der Waals surface area (Å²) in [6, 6.07) is 18.4. The van der Waals surface area contributed by atoms with Crippen LogP contribution in [-0.4, -0.2) is 28.2 Å². The Morgan fingerprint density at radius 1 is 1.07 bits per heavy atom. The van der Waals surface area contributed by atoms with Crippen molar-refractivity contribution in [2.24, 2.45) is 5.92 Å². The lowest BCUT2D eigenvalue weighted by Crippen LogP contribution is -2.36. The van der Waals surface area contributed by atoms with Gasteiger partial charge in [0, 0.05) is 10.6 Å². The van der Waals surface area contributed by atoms with Crippen LogP contribution in [0.15, 0.2) is 59.0 Å². The second kappa shape index (κ2) is 8.24. The maximum atomic E-state index is 6.06. The van der Waals surface area contributed by atoms with Crippen LogP contribution in [0.2, 0.25) is 5.02 Å². The molecule has 0 saturated carbocycles. The number of likely N-dealkylation sites (tertiary alicyclic amines) is 1. The van der Waals surface area contributed by atoms with Gasteiger partial charge in [-0.3, -0.25) is 4.90 Å². The third kappa shape index (κ3) is 4.40. The monoisotopic (exact) mass is 381 g/mol. The molecule has 0 unspecified atom stereocenters. The lowest BCUT2D eigenvalue weighted by atomic mass is 9.89. The molecule has 1 aromatic heterocycles. The Hall–Kier alpha value is -2.17. The van der Waals surface area contributed by atoms with Crippen molar-refractivity contribution in [1.82, 2.24) is 15.1 Å². The highest BCUT2D eigenvalue weighted by Gasteiger charge is 2.26. The summed E-state index contributed by atoms with van der Waals surface area (Å²) in [5.74, 6) is 1.95. The number of rotatable bonds is 5. The van der Waals surface area contributed by atoms with Gasteiger partial charge in [0.2, 0.25) is 11.8 Å². The molecule has 0 radical (unpaired) electrons. The average molecular weight is 382 g/mol. The summed E-state index contributed by atoms with van der Waals surface area (Å²) in [5, 5.41) is 9.16. The Balaban J connectivity index is 1.36. The highest BCUT2D eigenvalue weighted by molar-refractivity contribution is 6.30. The van der Waals surface area contributed by atoms with Crippen molar-refractivity contribution in [3.05, 3.63) is 71.1 Å². The molecule has 0 N–H and O–H groups in total. The molecule has 2 aromatic carbocycles. The fourth-order valence-corrected chi connectivity index (χ4v) is 3.98. The Bertz CT molecular complexity index is 872. The third-order valence-electron chi connectivity index (χ3n) is 5.43. The largest absolute Gasteiger partial charge is 0.419 e. The molecule has 4 rings (SSSR count). The Kier molecular flexibility index (Phi) is 5.55. The lowest BCUT2D eigenvalue weighted by molar-refractivity contribution is 0.125. The normalized spacial score (nSPS) is 17.1. The summed E-state index contributed by atoms with van der Waals surface area (Å²) in [6.45, 7) is 4.27. The van der Waals surface area contributed by atoms with Gasteiger partial charge in [-0.15, -0.1) is 10.2 Å². The number of aromatic nitrogens is 2. The zero-order valence-corrected chi connectivity index (χ0v) is 16.3. The predicted molar refractivity (Wildman–Crippen MR) is 108 cm³/mol. The molecule has 0 bridgehead atoms. The van der Waals surface area contributed by atoms with Gasteiger partial charge in [0.05, 0.1) is 6.04 Å². The van der Waals surface area contributed by atoms with Crippen LogP contribution in [0, 0.1) is 5.92 Å². The van der Waals surface area contributed by atoms with Gasteiger partial charge >= 0.3 is 0 Å². The van der Waals surface area contributed by atoms with E-state index in [4.69, 9.17) is 16.0 Å². The number of halogens is 1. The topological polar surface area (TPSA) is 42.2 Å². The summed E-state index contributed by atoms with van der Waals surface area (Å²) in [5.41, 5.74) is 2.29. The zero-order chi connectivity index (χ0) is 18.6. The van der Waals surface area contributed by atoms with Crippen LogP contribution in [0.5, 0.6) is 0 Å².